The number of azo groups is 1. The molecule has 1 heterocycles. The van der Waals surface area contributed by atoms with Gasteiger partial charge in [-0.3, -0.25) is 5.10 Å². The van der Waals surface area contributed by atoms with Gasteiger partial charge in [-0.1, -0.05) is 12.1 Å². The highest BCUT2D eigenvalue weighted by Gasteiger charge is 1.96. The monoisotopic (exact) mass is 188 g/mol. The molecule has 2 rings (SSSR count). The van der Waals surface area contributed by atoms with Crippen molar-refractivity contribution in [3.8, 4) is 5.75 Å². The molecule has 0 fully saturated rings. The van der Waals surface area contributed by atoms with Crippen LogP contribution >= 0.6 is 0 Å². The van der Waals surface area contributed by atoms with Gasteiger partial charge in [0.05, 0.1) is 0 Å². The molecule has 1 aromatic carbocycles. The summed E-state index contributed by atoms with van der Waals surface area (Å²) in [5.41, 5.74) is 0.426. The largest absolute Gasteiger partial charge is 0.506 e. The van der Waals surface area contributed by atoms with Crippen molar-refractivity contribution in [2.45, 2.75) is 0 Å². The molecule has 70 valence electrons. The summed E-state index contributed by atoms with van der Waals surface area (Å²) >= 11 is 0. The second kappa shape index (κ2) is 3.69. The molecule has 2 N–H and O–H groups in total. The van der Waals surface area contributed by atoms with E-state index in [1.54, 1.807) is 36.5 Å². The first-order valence-corrected chi connectivity index (χ1v) is 4.06. The molecule has 0 bridgehead atoms. The van der Waals surface area contributed by atoms with E-state index in [4.69, 9.17) is 0 Å². The lowest BCUT2D eigenvalue weighted by atomic mass is 10.3. The zero-order valence-corrected chi connectivity index (χ0v) is 7.25. The highest BCUT2D eigenvalue weighted by atomic mass is 16.3. The van der Waals surface area contributed by atoms with Crippen LogP contribution in [0.1, 0.15) is 0 Å². The van der Waals surface area contributed by atoms with Crippen LogP contribution in [0.4, 0.5) is 11.5 Å². The average molecular weight is 188 g/mol. The number of aromatic hydroxyl groups is 1. The molecule has 0 unspecified atom stereocenters. The van der Waals surface area contributed by atoms with E-state index in [-0.39, 0.29) is 5.75 Å². The highest BCUT2D eigenvalue weighted by Crippen LogP contribution is 2.26. The van der Waals surface area contributed by atoms with Crippen molar-refractivity contribution in [2.75, 3.05) is 0 Å². The van der Waals surface area contributed by atoms with E-state index in [2.05, 4.69) is 20.4 Å². The van der Waals surface area contributed by atoms with Crippen molar-refractivity contribution < 1.29 is 5.11 Å². The number of aromatic nitrogens is 2. The Balaban J connectivity index is 2.23. The third-order valence-electron chi connectivity index (χ3n) is 1.63. The summed E-state index contributed by atoms with van der Waals surface area (Å²) in [6.07, 6.45) is 1.65. The fraction of sp³-hybridized carbons (Fsp3) is 0. The predicted octanol–water partition coefficient (Wildman–Crippen LogP) is 2.53. The Morgan fingerprint density at radius 3 is 2.71 bits per heavy atom. The van der Waals surface area contributed by atoms with Gasteiger partial charge in [-0.2, -0.15) is 5.10 Å². The first-order valence-electron chi connectivity index (χ1n) is 4.06. The molecule has 0 aliphatic rings. The molecule has 0 saturated carbocycles. The number of aromatic amines is 1. The van der Waals surface area contributed by atoms with Crippen molar-refractivity contribution in [3.63, 3.8) is 0 Å². The maximum Gasteiger partial charge on any atom is 0.195 e. The van der Waals surface area contributed by atoms with Gasteiger partial charge in [0, 0.05) is 12.3 Å². The van der Waals surface area contributed by atoms with E-state index in [0.29, 0.717) is 11.5 Å². The van der Waals surface area contributed by atoms with Crippen LogP contribution in [0.2, 0.25) is 0 Å². The lowest BCUT2D eigenvalue weighted by Gasteiger charge is -1.93. The van der Waals surface area contributed by atoms with Gasteiger partial charge < -0.3 is 5.11 Å². The topological polar surface area (TPSA) is 73.6 Å². The van der Waals surface area contributed by atoms with Crippen LogP contribution in [0.25, 0.3) is 0 Å². The number of H-pyrrole nitrogens is 1. The highest BCUT2D eigenvalue weighted by molar-refractivity contribution is 5.49. The number of nitrogens with one attached hydrogen (secondary N) is 1. The first-order chi connectivity index (χ1) is 6.86. The molecule has 0 aliphatic carbocycles. The number of benzene rings is 1. The Kier molecular flexibility index (Phi) is 2.22. The summed E-state index contributed by atoms with van der Waals surface area (Å²) in [6.45, 7) is 0. The second-order valence-electron chi connectivity index (χ2n) is 2.62. The van der Waals surface area contributed by atoms with Gasteiger partial charge >= 0.3 is 0 Å². The molecule has 0 radical (unpaired) electrons. The van der Waals surface area contributed by atoms with Gasteiger partial charge in [-0.25, -0.2) is 0 Å². The van der Waals surface area contributed by atoms with Crippen LogP contribution < -0.4 is 0 Å². The van der Waals surface area contributed by atoms with Gasteiger partial charge in [0.15, 0.2) is 5.82 Å². The van der Waals surface area contributed by atoms with E-state index < -0.39 is 0 Å². The molecule has 5 heteroatoms. The van der Waals surface area contributed by atoms with Crippen molar-refractivity contribution in [3.05, 3.63) is 36.5 Å². The minimum atomic E-state index is 0.104. The number of phenols is 1. The van der Waals surface area contributed by atoms with Gasteiger partial charge in [0.2, 0.25) is 0 Å². The number of para-hydroxylation sites is 1. The molecule has 2 aromatic rings. The molecular weight excluding hydrogens is 180 g/mol. The predicted molar refractivity (Wildman–Crippen MR) is 50.9 cm³/mol. The molecule has 0 spiro atoms. The molecule has 0 saturated heterocycles. The third-order valence-corrected chi connectivity index (χ3v) is 1.63. The summed E-state index contributed by atoms with van der Waals surface area (Å²) in [6, 6.07) is 8.41. The second-order valence-corrected chi connectivity index (χ2v) is 2.62. The molecule has 1 aromatic heterocycles. The maximum atomic E-state index is 9.36. The van der Waals surface area contributed by atoms with Crippen LogP contribution in [-0.4, -0.2) is 15.3 Å². The summed E-state index contributed by atoms with van der Waals surface area (Å²) in [5, 5.41) is 23.4. The summed E-state index contributed by atoms with van der Waals surface area (Å²) in [7, 11) is 0. The molecule has 5 nitrogen and oxygen atoms in total. The minimum absolute atomic E-state index is 0.104. The van der Waals surface area contributed by atoms with E-state index in [1.165, 1.54) is 0 Å². The first kappa shape index (κ1) is 8.43. The number of hydrogen-bond donors (Lipinski definition) is 2. The number of phenolic OH excluding ortho intramolecular Hbond substituents is 1. The molecule has 0 amide bonds. The zero-order valence-electron chi connectivity index (χ0n) is 7.25. The Morgan fingerprint density at radius 1 is 1.14 bits per heavy atom. The van der Waals surface area contributed by atoms with Crippen LogP contribution in [0.5, 0.6) is 5.75 Å². The molecule has 0 atom stereocenters. The Bertz CT molecular complexity index is 436. The summed E-state index contributed by atoms with van der Waals surface area (Å²) in [4.78, 5) is 0. The number of nitrogens with zero attached hydrogens (tertiary/aromatic N) is 3. The Hall–Kier alpha value is -2.17. The molecule has 14 heavy (non-hydrogen) atoms. The number of hydrogen-bond acceptors (Lipinski definition) is 4. The standard InChI is InChI=1S/C9H8N4O/c14-8-4-2-1-3-7(8)11-13-9-5-6-10-12-9/h1-6,14H,(H,10,12). The lowest BCUT2D eigenvalue weighted by molar-refractivity contribution is 0.476. The van der Waals surface area contributed by atoms with Gasteiger partial charge in [0.1, 0.15) is 11.4 Å². The van der Waals surface area contributed by atoms with Gasteiger partial charge in [-0.15, -0.1) is 10.2 Å². The normalized spacial score (nSPS) is 10.9. The van der Waals surface area contributed by atoms with Crippen LogP contribution in [-0.2, 0) is 0 Å². The maximum absolute atomic E-state index is 9.36. The molecular formula is C9H8N4O. The fourth-order valence-corrected chi connectivity index (χ4v) is 0.962. The van der Waals surface area contributed by atoms with E-state index in [1.807, 2.05) is 0 Å². The van der Waals surface area contributed by atoms with Crippen LogP contribution in [0.3, 0.4) is 0 Å². The average Bonchev–Trinajstić information content (AvgIpc) is 2.69. The SMILES string of the molecule is Oc1ccccc1N=Nc1cc[nH]n1. The van der Waals surface area contributed by atoms with E-state index in [0.717, 1.165) is 0 Å². The van der Waals surface area contributed by atoms with Crippen molar-refractivity contribution in [1.29, 1.82) is 0 Å². The number of rotatable bonds is 2. The van der Waals surface area contributed by atoms with Crippen molar-refractivity contribution in [2.24, 2.45) is 10.2 Å². The van der Waals surface area contributed by atoms with Crippen molar-refractivity contribution in [1.82, 2.24) is 10.2 Å². The van der Waals surface area contributed by atoms with E-state index in [9.17, 15) is 5.11 Å². The van der Waals surface area contributed by atoms with Gasteiger partial charge in [-0.05, 0) is 12.1 Å². The van der Waals surface area contributed by atoms with E-state index >= 15 is 0 Å². The summed E-state index contributed by atoms with van der Waals surface area (Å²) in [5.74, 6) is 0.583. The quantitative estimate of drug-likeness (QED) is 0.710. The smallest absolute Gasteiger partial charge is 0.195 e. The third kappa shape index (κ3) is 1.77. The Morgan fingerprint density at radius 2 is 2.00 bits per heavy atom. The Labute approximate surface area is 80.1 Å². The summed E-state index contributed by atoms with van der Waals surface area (Å²) < 4.78 is 0. The fourth-order valence-electron chi connectivity index (χ4n) is 0.962. The van der Waals surface area contributed by atoms with Gasteiger partial charge in [0.25, 0.3) is 0 Å². The molecule has 0 aliphatic heterocycles. The minimum Gasteiger partial charge on any atom is -0.506 e. The lowest BCUT2D eigenvalue weighted by Crippen LogP contribution is -1.66. The van der Waals surface area contributed by atoms with Crippen molar-refractivity contribution >= 4 is 11.5 Å². The van der Waals surface area contributed by atoms with Crippen LogP contribution in [0.15, 0.2) is 46.8 Å². The van der Waals surface area contributed by atoms with Crippen LogP contribution in [0, 0.1) is 0 Å². The zero-order chi connectivity index (χ0) is 9.80.